The van der Waals surface area contributed by atoms with Crippen LogP contribution in [0.25, 0.3) is 0 Å². The van der Waals surface area contributed by atoms with E-state index in [9.17, 15) is 5.11 Å². The van der Waals surface area contributed by atoms with Crippen molar-refractivity contribution in [2.75, 3.05) is 6.54 Å². The van der Waals surface area contributed by atoms with Gasteiger partial charge in [-0.15, -0.1) is 0 Å². The van der Waals surface area contributed by atoms with Gasteiger partial charge in [0.05, 0.1) is 6.10 Å². The summed E-state index contributed by atoms with van der Waals surface area (Å²) in [5.74, 6) is 2.85. The normalized spacial score (nSPS) is 46.1. The Balaban J connectivity index is 1.40. The summed E-state index contributed by atoms with van der Waals surface area (Å²) >= 11 is 0. The average Bonchev–Trinajstić information content (AvgIpc) is 2.33. The number of aliphatic hydroxyl groups excluding tert-OH is 1. The fraction of sp³-hybridized carbons (Fsp3) is 1.00. The Morgan fingerprint density at radius 1 is 0.882 bits per heavy atom. The second kappa shape index (κ2) is 5.27. The minimum absolute atomic E-state index is 0.0101. The molecular formula is C15H27NO. The first-order valence-corrected chi connectivity index (χ1v) is 7.72. The highest BCUT2D eigenvalue weighted by atomic mass is 16.3. The summed E-state index contributed by atoms with van der Waals surface area (Å²) in [6.07, 6.45) is 12.3. The Kier molecular flexibility index (Phi) is 3.72. The molecule has 0 heterocycles. The molecular weight excluding hydrogens is 210 g/mol. The van der Waals surface area contributed by atoms with Gasteiger partial charge in [0, 0.05) is 6.04 Å². The summed E-state index contributed by atoms with van der Waals surface area (Å²) in [7, 11) is 0. The molecule has 3 unspecified atom stereocenters. The van der Waals surface area contributed by atoms with Crippen LogP contribution in [0.15, 0.2) is 0 Å². The van der Waals surface area contributed by atoms with Crippen molar-refractivity contribution in [3.05, 3.63) is 0 Å². The molecule has 0 aromatic carbocycles. The number of rotatable bonds is 3. The van der Waals surface area contributed by atoms with E-state index >= 15 is 0 Å². The Morgan fingerprint density at radius 3 is 2.41 bits per heavy atom. The zero-order chi connectivity index (χ0) is 11.7. The zero-order valence-electron chi connectivity index (χ0n) is 10.9. The fourth-order valence-electron chi connectivity index (χ4n) is 4.26. The number of aliphatic hydroxyl groups is 1. The van der Waals surface area contributed by atoms with Gasteiger partial charge in [0.15, 0.2) is 0 Å². The molecule has 0 bridgehead atoms. The Hall–Kier alpha value is -0.0800. The van der Waals surface area contributed by atoms with Crippen LogP contribution in [0, 0.1) is 17.8 Å². The molecule has 0 aliphatic heterocycles. The predicted octanol–water partition coefficient (Wildman–Crippen LogP) is 2.71. The maximum atomic E-state index is 9.28. The first kappa shape index (κ1) is 12.0. The highest BCUT2D eigenvalue weighted by molar-refractivity contribution is 4.88. The van der Waals surface area contributed by atoms with Crippen molar-refractivity contribution in [1.82, 2.24) is 5.32 Å². The van der Waals surface area contributed by atoms with Gasteiger partial charge in [-0.2, -0.15) is 0 Å². The summed E-state index contributed by atoms with van der Waals surface area (Å²) in [4.78, 5) is 0. The molecule has 0 amide bonds. The van der Waals surface area contributed by atoms with Crippen molar-refractivity contribution < 1.29 is 5.11 Å². The number of fused-ring (bicyclic) bond motifs is 1. The molecule has 98 valence electrons. The molecule has 3 fully saturated rings. The van der Waals surface area contributed by atoms with Crippen molar-refractivity contribution in [2.24, 2.45) is 17.8 Å². The second-order valence-electron chi connectivity index (χ2n) is 6.71. The number of hydrogen-bond donors (Lipinski definition) is 2. The van der Waals surface area contributed by atoms with Crippen molar-refractivity contribution in [1.29, 1.82) is 0 Å². The van der Waals surface area contributed by atoms with Crippen molar-refractivity contribution >= 4 is 0 Å². The van der Waals surface area contributed by atoms with Crippen LogP contribution >= 0.6 is 0 Å². The van der Waals surface area contributed by atoms with Crippen LogP contribution in [-0.4, -0.2) is 23.8 Å². The van der Waals surface area contributed by atoms with E-state index in [0.29, 0.717) is 0 Å². The van der Waals surface area contributed by atoms with Gasteiger partial charge in [-0.25, -0.2) is 0 Å². The highest BCUT2D eigenvalue weighted by Crippen LogP contribution is 2.40. The van der Waals surface area contributed by atoms with Crippen LogP contribution < -0.4 is 5.32 Å². The summed E-state index contributed by atoms with van der Waals surface area (Å²) < 4.78 is 0. The Bertz CT molecular complexity index is 249. The largest absolute Gasteiger partial charge is 0.393 e. The van der Waals surface area contributed by atoms with Crippen LogP contribution in [-0.2, 0) is 0 Å². The first-order chi connectivity index (χ1) is 8.31. The number of hydrogen-bond acceptors (Lipinski definition) is 2. The minimum Gasteiger partial charge on any atom is -0.393 e. The molecule has 3 aliphatic rings. The molecule has 2 nitrogen and oxygen atoms in total. The maximum absolute atomic E-state index is 9.28. The molecule has 0 spiro atoms. The van der Waals surface area contributed by atoms with E-state index < -0.39 is 0 Å². The quantitative estimate of drug-likeness (QED) is 0.791. The summed E-state index contributed by atoms with van der Waals surface area (Å²) in [6, 6.07) is 0.784. The third-order valence-corrected chi connectivity index (χ3v) is 5.45. The molecule has 2 heteroatoms. The van der Waals surface area contributed by atoms with Crippen LogP contribution in [0.5, 0.6) is 0 Å². The van der Waals surface area contributed by atoms with E-state index in [4.69, 9.17) is 0 Å². The third-order valence-electron chi connectivity index (χ3n) is 5.45. The lowest BCUT2D eigenvalue weighted by atomic mass is 9.69. The lowest BCUT2D eigenvalue weighted by Crippen LogP contribution is -2.43. The molecule has 3 aliphatic carbocycles. The average molecular weight is 237 g/mol. The monoisotopic (exact) mass is 237 g/mol. The minimum atomic E-state index is 0.0101. The van der Waals surface area contributed by atoms with Crippen molar-refractivity contribution in [2.45, 2.75) is 69.9 Å². The zero-order valence-corrected chi connectivity index (χ0v) is 10.9. The second-order valence-corrected chi connectivity index (χ2v) is 6.71. The van der Waals surface area contributed by atoms with E-state index in [2.05, 4.69) is 5.32 Å². The van der Waals surface area contributed by atoms with Gasteiger partial charge in [0.1, 0.15) is 0 Å². The van der Waals surface area contributed by atoms with E-state index in [1.54, 1.807) is 0 Å². The van der Waals surface area contributed by atoms with Gasteiger partial charge in [-0.1, -0.05) is 25.7 Å². The molecule has 17 heavy (non-hydrogen) atoms. The molecule has 0 saturated heterocycles. The predicted molar refractivity (Wildman–Crippen MR) is 69.8 cm³/mol. The molecule has 0 aromatic rings. The smallest absolute Gasteiger partial charge is 0.0546 e. The van der Waals surface area contributed by atoms with Gasteiger partial charge in [0.25, 0.3) is 0 Å². The van der Waals surface area contributed by atoms with Gasteiger partial charge in [-0.3, -0.25) is 0 Å². The summed E-state index contributed by atoms with van der Waals surface area (Å²) in [6.45, 7) is 1.15. The van der Waals surface area contributed by atoms with Gasteiger partial charge in [-0.05, 0) is 56.4 Å². The van der Waals surface area contributed by atoms with E-state index in [1.807, 2.05) is 0 Å². The number of nitrogens with one attached hydrogen (secondary N) is 1. The van der Waals surface area contributed by atoms with Crippen LogP contribution in [0.1, 0.15) is 57.8 Å². The topological polar surface area (TPSA) is 32.3 Å². The van der Waals surface area contributed by atoms with E-state index in [0.717, 1.165) is 43.2 Å². The molecule has 3 rings (SSSR count). The van der Waals surface area contributed by atoms with Crippen LogP contribution in [0.4, 0.5) is 0 Å². The van der Waals surface area contributed by atoms with Crippen molar-refractivity contribution in [3.8, 4) is 0 Å². The molecule has 2 N–H and O–H groups in total. The molecule has 3 saturated carbocycles. The van der Waals surface area contributed by atoms with E-state index in [1.165, 1.54) is 44.9 Å². The summed E-state index contributed by atoms with van der Waals surface area (Å²) in [5.41, 5.74) is 0. The molecule has 0 aromatic heterocycles. The fourth-order valence-corrected chi connectivity index (χ4v) is 4.26. The lowest BCUT2D eigenvalue weighted by Gasteiger charge is -2.41. The SMILES string of the molecule is OC1CC(CNC2CCC3CCCCC3C2)C1. The van der Waals surface area contributed by atoms with Crippen molar-refractivity contribution in [3.63, 3.8) is 0 Å². The maximum Gasteiger partial charge on any atom is 0.0546 e. The first-order valence-electron chi connectivity index (χ1n) is 7.72. The van der Waals surface area contributed by atoms with Crippen LogP contribution in [0.3, 0.4) is 0 Å². The standard InChI is InChI=1S/C15H27NO/c17-15-7-11(8-15)10-16-14-6-5-12-3-1-2-4-13(12)9-14/h11-17H,1-10H2. The third kappa shape index (κ3) is 2.85. The Labute approximate surface area is 105 Å². The summed E-state index contributed by atoms with van der Waals surface area (Å²) in [5, 5.41) is 13.0. The molecule has 0 radical (unpaired) electrons. The van der Waals surface area contributed by atoms with Gasteiger partial charge in [0.2, 0.25) is 0 Å². The van der Waals surface area contributed by atoms with Crippen LogP contribution in [0.2, 0.25) is 0 Å². The lowest BCUT2D eigenvalue weighted by molar-refractivity contribution is 0.0393. The Morgan fingerprint density at radius 2 is 1.65 bits per heavy atom. The highest BCUT2D eigenvalue weighted by Gasteiger charge is 2.33. The molecule has 3 atom stereocenters. The van der Waals surface area contributed by atoms with Gasteiger partial charge < -0.3 is 10.4 Å². The van der Waals surface area contributed by atoms with E-state index in [-0.39, 0.29) is 6.10 Å². The van der Waals surface area contributed by atoms with Gasteiger partial charge >= 0.3 is 0 Å².